The van der Waals surface area contributed by atoms with E-state index in [0.29, 0.717) is 16.7 Å². The third-order valence-electron chi connectivity index (χ3n) is 4.81. The van der Waals surface area contributed by atoms with Crippen molar-refractivity contribution in [2.75, 3.05) is 38.2 Å². The topological polar surface area (TPSA) is 74.4 Å². The second-order valence-corrected chi connectivity index (χ2v) is 8.34. The van der Waals surface area contributed by atoms with E-state index in [4.69, 9.17) is 4.74 Å². The molecule has 1 aromatic heterocycles. The second kappa shape index (κ2) is 6.86. The lowest BCUT2D eigenvalue weighted by Crippen LogP contribution is -2.43. The highest BCUT2D eigenvalue weighted by atomic mass is 32.2. The van der Waals surface area contributed by atoms with Crippen LogP contribution >= 0.6 is 0 Å². The molecule has 0 radical (unpaired) electrons. The fourth-order valence-corrected chi connectivity index (χ4v) is 4.85. The van der Waals surface area contributed by atoms with Crippen molar-refractivity contribution in [2.24, 2.45) is 0 Å². The van der Waals surface area contributed by atoms with Crippen LogP contribution in [0, 0.1) is 5.82 Å². The molecule has 6 nitrogen and oxygen atoms in total. The van der Waals surface area contributed by atoms with Gasteiger partial charge in [0.05, 0.1) is 22.6 Å². The molecule has 2 N–H and O–H groups in total. The van der Waals surface area contributed by atoms with Gasteiger partial charge in [0.2, 0.25) is 9.84 Å². The Bertz CT molecular complexity index is 1090. The predicted molar refractivity (Wildman–Crippen MR) is 102 cm³/mol. The van der Waals surface area contributed by atoms with Crippen LogP contribution in [0.2, 0.25) is 0 Å². The van der Waals surface area contributed by atoms with Crippen molar-refractivity contribution in [1.82, 2.24) is 10.3 Å². The number of nitrogens with zero attached hydrogens (tertiary/aromatic N) is 1. The summed E-state index contributed by atoms with van der Waals surface area (Å²) in [6.45, 7) is 3.17. The number of nitrogens with one attached hydrogen (secondary N) is 2. The molecule has 1 aliphatic heterocycles. The van der Waals surface area contributed by atoms with E-state index < -0.39 is 15.7 Å². The number of fused-ring (bicyclic) bond motifs is 1. The molecular formula is C19H20FN3O3S. The highest BCUT2D eigenvalue weighted by Crippen LogP contribution is 2.35. The molecule has 142 valence electrons. The summed E-state index contributed by atoms with van der Waals surface area (Å²) in [4.78, 5) is 5.22. The minimum Gasteiger partial charge on any atom is -0.495 e. The predicted octanol–water partition coefficient (Wildman–Crippen LogP) is 2.56. The van der Waals surface area contributed by atoms with Crippen LogP contribution in [0.1, 0.15) is 0 Å². The van der Waals surface area contributed by atoms with Crippen molar-refractivity contribution >= 4 is 26.4 Å². The lowest BCUT2D eigenvalue weighted by atomic mass is 10.2. The number of piperazine rings is 1. The molecule has 0 spiro atoms. The van der Waals surface area contributed by atoms with E-state index >= 15 is 0 Å². The fraction of sp³-hybridized carbons (Fsp3) is 0.263. The molecule has 8 heteroatoms. The van der Waals surface area contributed by atoms with Crippen molar-refractivity contribution in [3.63, 3.8) is 0 Å². The van der Waals surface area contributed by atoms with Gasteiger partial charge in [0.15, 0.2) is 0 Å². The number of halogens is 1. The Balaban J connectivity index is 1.82. The molecule has 0 unspecified atom stereocenters. The Labute approximate surface area is 156 Å². The second-order valence-electron chi connectivity index (χ2n) is 6.42. The first-order valence-corrected chi connectivity index (χ1v) is 10.1. The van der Waals surface area contributed by atoms with Gasteiger partial charge in [-0.15, -0.1) is 0 Å². The minimum atomic E-state index is -3.82. The van der Waals surface area contributed by atoms with E-state index in [2.05, 4.69) is 15.2 Å². The highest BCUT2D eigenvalue weighted by molar-refractivity contribution is 7.91. The van der Waals surface area contributed by atoms with E-state index in [1.54, 1.807) is 19.2 Å². The number of rotatable bonds is 4. The van der Waals surface area contributed by atoms with Gasteiger partial charge in [0, 0.05) is 43.3 Å². The number of anilines is 1. The Morgan fingerprint density at radius 3 is 2.63 bits per heavy atom. The largest absolute Gasteiger partial charge is 0.495 e. The summed E-state index contributed by atoms with van der Waals surface area (Å²) in [5, 5.41) is 3.62. The maximum absolute atomic E-state index is 13.7. The molecule has 0 bridgehead atoms. The minimum absolute atomic E-state index is 0.0634. The van der Waals surface area contributed by atoms with Gasteiger partial charge in [-0.2, -0.15) is 0 Å². The summed E-state index contributed by atoms with van der Waals surface area (Å²) < 4.78 is 45.6. The summed E-state index contributed by atoms with van der Waals surface area (Å²) in [7, 11) is -2.25. The van der Waals surface area contributed by atoms with Crippen molar-refractivity contribution in [1.29, 1.82) is 0 Å². The maximum atomic E-state index is 13.7. The summed E-state index contributed by atoms with van der Waals surface area (Å²) in [6, 6.07) is 8.89. The first kappa shape index (κ1) is 17.8. The van der Waals surface area contributed by atoms with Crippen molar-refractivity contribution in [2.45, 2.75) is 9.79 Å². The van der Waals surface area contributed by atoms with Gasteiger partial charge in [-0.1, -0.05) is 0 Å². The van der Waals surface area contributed by atoms with Gasteiger partial charge in [0.1, 0.15) is 11.6 Å². The average Bonchev–Trinajstić information content (AvgIpc) is 3.12. The van der Waals surface area contributed by atoms with E-state index in [0.717, 1.165) is 31.9 Å². The zero-order valence-corrected chi connectivity index (χ0v) is 15.6. The van der Waals surface area contributed by atoms with Crippen LogP contribution in [0.3, 0.4) is 0 Å². The number of ether oxygens (including phenoxy) is 1. The van der Waals surface area contributed by atoms with Gasteiger partial charge in [-0.05, 0) is 36.4 Å². The van der Waals surface area contributed by atoms with Crippen LogP contribution in [0.25, 0.3) is 10.9 Å². The monoisotopic (exact) mass is 389 g/mol. The maximum Gasteiger partial charge on any atom is 0.208 e. The third-order valence-corrected chi connectivity index (χ3v) is 6.60. The molecular weight excluding hydrogens is 369 g/mol. The molecule has 3 aromatic rings. The Hall–Kier alpha value is -2.58. The molecule has 0 saturated carbocycles. The van der Waals surface area contributed by atoms with Crippen LogP contribution in [-0.4, -0.2) is 46.7 Å². The Kier molecular flexibility index (Phi) is 4.53. The smallest absolute Gasteiger partial charge is 0.208 e. The zero-order valence-electron chi connectivity index (χ0n) is 14.8. The van der Waals surface area contributed by atoms with Crippen molar-refractivity contribution < 1.29 is 17.5 Å². The van der Waals surface area contributed by atoms with Crippen LogP contribution in [0.5, 0.6) is 5.75 Å². The average molecular weight is 389 g/mol. The lowest BCUT2D eigenvalue weighted by molar-refractivity contribution is 0.412. The number of hydrogen-bond acceptors (Lipinski definition) is 5. The molecule has 0 atom stereocenters. The van der Waals surface area contributed by atoms with Crippen molar-refractivity contribution in [3.8, 4) is 5.75 Å². The van der Waals surface area contributed by atoms with Gasteiger partial charge in [-0.3, -0.25) is 0 Å². The first-order chi connectivity index (χ1) is 13.0. The van der Waals surface area contributed by atoms with Gasteiger partial charge >= 0.3 is 0 Å². The van der Waals surface area contributed by atoms with E-state index in [1.165, 1.54) is 30.5 Å². The summed E-state index contributed by atoms with van der Waals surface area (Å²) in [6.07, 6.45) is 1.41. The molecule has 0 aliphatic carbocycles. The number of benzene rings is 2. The number of aromatic amines is 1. The molecule has 0 amide bonds. The fourth-order valence-electron chi connectivity index (χ4n) is 3.41. The SMILES string of the molecule is COc1ccc(S(=O)(=O)c2c[nH]c3ccc(F)cc23)cc1N1CCNCC1. The molecule has 2 heterocycles. The molecule has 1 fully saturated rings. The van der Waals surface area contributed by atoms with E-state index in [1.807, 2.05) is 0 Å². The number of sulfone groups is 1. The molecule has 2 aromatic carbocycles. The van der Waals surface area contributed by atoms with Crippen LogP contribution in [0.15, 0.2) is 52.4 Å². The van der Waals surface area contributed by atoms with E-state index in [9.17, 15) is 12.8 Å². The van der Waals surface area contributed by atoms with Gasteiger partial charge in [0.25, 0.3) is 0 Å². The van der Waals surface area contributed by atoms with Gasteiger partial charge < -0.3 is 19.9 Å². The molecule has 27 heavy (non-hydrogen) atoms. The zero-order chi connectivity index (χ0) is 19.0. The molecule has 4 rings (SSSR count). The third kappa shape index (κ3) is 3.15. The Morgan fingerprint density at radius 2 is 1.89 bits per heavy atom. The summed E-state index contributed by atoms with van der Waals surface area (Å²) in [5.41, 5.74) is 1.32. The first-order valence-electron chi connectivity index (χ1n) is 8.66. The Morgan fingerprint density at radius 1 is 1.11 bits per heavy atom. The van der Waals surface area contributed by atoms with Crippen LogP contribution in [0.4, 0.5) is 10.1 Å². The van der Waals surface area contributed by atoms with Gasteiger partial charge in [-0.25, -0.2) is 12.8 Å². The highest BCUT2D eigenvalue weighted by Gasteiger charge is 2.25. The van der Waals surface area contributed by atoms with Crippen LogP contribution < -0.4 is 15.0 Å². The standard InChI is InChI=1S/C19H20FN3O3S/c1-26-18-5-3-14(11-17(18)23-8-6-21-7-9-23)27(24,25)19-12-22-16-4-2-13(20)10-15(16)19/h2-5,10-12,21-22H,6-9H2,1H3. The van der Waals surface area contributed by atoms with Crippen LogP contribution in [-0.2, 0) is 9.84 Å². The normalized spacial score (nSPS) is 15.3. The molecule has 1 saturated heterocycles. The van der Waals surface area contributed by atoms with E-state index in [-0.39, 0.29) is 9.79 Å². The van der Waals surface area contributed by atoms with Crippen molar-refractivity contribution in [3.05, 3.63) is 48.4 Å². The number of aromatic nitrogens is 1. The molecule has 1 aliphatic rings. The quantitative estimate of drug-likeness (QED) is 0.717. The number of hydrogen-bond donors (Lipinski definition) is 2. The summed E-state index contributed by atoms with van der Waals surface area (Å²) in [5.74, 6) is 0.149. The number of H-pyrrole nitrogens is 1. The lowest BCUT2D eigenvalue weighted by Gasteiger charge is -2.30. The summed E-state index contributed by atoms with van der Waals surface area (Å²) >= 11 is 0. The number of methoxy groups -OCH3 is 1.